The van der Waals surface area contributed by atoms with Crippen molar-refractivity contribution in [2.24, 2.45) is 16.7 Å². The SMILES string of the molecule is CC(C)(C)[C@H](O)[C@H]1CCCC2=Cc3c(cnn3-c3ccc(F)cc3)C[C@@]21C. The summed E-state index contributed by atoms with van der Waals surface area (Å²) in [6.07, 6.45) is 8.01. The topological polar surface area (TPSA) is 38.1 Å². The number of hydrogen-bond acceptors (Lipinski definition) is 2. The lowest BCUT2D eigenvalue weighted by Gasteiger charge is -2.50. The van der Waals surface area contributed by atoms with Gasteiger partial charge in [0.15, 0.2) is 0 Å². The fourth-order valence-corrected chi connectivity index (χ4v) is 4.98. The Morgan fingerprint density at radius 3 is 2.63 bits per heavy atom. The van der Waals surface area contributed by atoms with Gasteiger partial charge in [-0.25, -0.2) is 9.07 Å². The summed E-state index contributed by atoms with van der Waals surface area (Å²) in [5, 5.41) is 15.7. The van der Waals surface area contributed by atoms with Gasteiger partial charge in [-0.3, -0.25) is 0 Å². The van der Waals surface area contributed by atoms with Crippen LogP contribution in [0.2, 0.25) is 0 Å². The molecule has 4 rings (SSSR count). The van der Waals surface area contributed by atoms with E-state index in [4.69, 9.17) is 0 Å². The Morgan fingerprint density at radius 2 is 1.96 bits per heavy atom. The Kier molecular flexibility index (Phi) is 4.30. The first-order chi connectivity index (χ1) is 12.7. The molecule has 0 aliphatic heterocycles. The van der Waals surface area contributed by atoms with Crippen LogP contribution in [0.25, 0.3) is 11.8 Å². The first-order valence-electron chi connectivity index (χ1n) is 9.92. The number of aliphatic hydroxyl groups is 1. The molecule has 27 heavy (non-hydrogen) atoms. The van der Waals surface area contributed by atoms with Gasteiger partial charge < -0.3 is 5.11 Å². The lowest BCUT2D eigenvalue weighted by atomic mass is 9.56. The second kappa shape index (κ2) is 6.30. The van der Waals surface area contributed by atoms with E-state index >= 15 is 0 Å². The van der Waals surface area contributed by atoms with Crippen molar-refractivity contribution in [3.05, 3.63) is 53.1 Å². The van der Waals surface area contributed by atoms with Crippen LogP contribution in [-0.2, 0) is 6.42 Å². The maximum atomic E-state index is 13.3. The normalized spacial score (nSPS) is 26.1. The van der Waals surface area contributed by atoms with Crippen molar-refractivity contribution in [1.29, 1.82) is 0 Å². The van der Waals surface area contributed by atoms with Crippen molar-refractivity contribution < 1.29 is 9.50 Å². The lowest BCUT2D eigenvalue weighted by molar-refractivity contribution is -0.0429. The molecule has 0 bridgehead atoms. The molecule has 0 unspecified atom stereocenters. The molecule has 1 N–H and O–H groups in total. The van der Waals surface area contributed by atoms with Gasteiger partial charge in [0.25, 0.3) is 0 Å². The van der Waals surface area contributed by atoms with E-state index in [2.05, 4.69) is 38.9 Å². The van der Waals surface area contributed by atoms with Gasteiger partial charge in [0.1, 0.15) is 5.82 Å². The van der Waals surface area contributed by atoms with Gasteiger partial charge >= 0.3 is 0 Å². The zero-order valence-electron chi connectivity index (χ0n) is 16.7. The highest BCUT2D eigenvalue weighted by Crippen LogP contribution is 2.54. The third-order valence-electron chi connectivity index (χ3n) is 6.61. The molecule has 2 aromatic rings. The molecule has 0 spiro atoms. The second-order valence-electron chi connectivity index (χ2n) is 9.52. The summed E-state index contributed by atoms with van der Waals surface area (Å²) >= 11 is 0. The van der Waals surface area contributed by atoms with Crippen LogP contribution in [0, 0.1) is 22.6 Å². The van der Waals surface area contributed by atoms with Crippen LogP contribution in [-0.4, -0.2) is 21.0 Å². The fraction of sp³-hybridized carbons (Fsp3) is 0.522. The molecule has 2 aliphatic carbocycles. The van der Waals surface area contributed by atoms with Crippen LogP contribution >= 0.6 is 0 Å². The highest BCUT2D eigenvalue weighted by atomic mass is 19.1. The lowest BCUT2D eigenvalue weighted by Crippen LogP contribution is -2.47. The smallest absolute Gasteiger partial charge is 0.123 e. The predicted molar refractivity (Wildman–Crippen MR) is 106 cm³/mol. The molecule has 1 heterocycles. The van der Waals surface area contributed by atoms with E-state index in [1.807, 2.05) is 10.9 Å². The van der Waals surface area contributed by atoms with Gasteiger partial charge in [-0.05, 0) is 78.3 Å². The average Bonchev–Trinajstić information content (AvgIpc) is 3.00. The summed E-state index contributed by atoms with van der Waals surface area (Å²) in [5.74, 6) is 0.0109. The molecule has 0 radical (unpaired) electrons. The molecule has 1 aromatic carbocycles. The predicted octanol–water partition coefficient (Wildman–Crippen LogP) is 5.16. The summed E-state index contributed by atoms with van der Waals surface area (Å²) in [6, 6.07) is 6.48. The third-order valence-corrected chi connectivity index (χ3v) is 6.61. The van der Waals surface area contributed by atoms with Crippen molar-refractivity contribution >= 4 is 6.08 Å². The van der Waals surface area contributed by atoms with Crippen molar-refractivity contribution in [3.8, 4) is 5.69 Å². The monoisotopic (exact) mass is 368 g/mol. The van der Waals surface area contributed by atoms with Crippen LogP contribution in [0.4, 0.5) is 4.39 Å². The second-order valence-corrected chi connectivity index (χ2v) is 9.52. The summed E-state index contributed by atoms with van der Waals surface area (Å²) in [7, 11) is 0. The minimum absolute atomic E-state index is 0.0331. The molecule has 0 amide bonds. The molecule has 144 valence electrons. The minimum atomic E-state index is -0.333. The Bertz CT molecular complexity index is 875. The molecule has 1 saturated carbocycles. The van der Waals surface area contributed by atoms with E-state index in [9.17, 15) is 9.50 Å². The fourth-order valence-electron chi connectivity index (χ4n) is 4.98. The first kappa shape index (κ1) is 18.4. The van der Waals surface area contributed by atoms with Crippen LogP contribution in [0.3, 0.4) is 0 Å². The van der Waals surface area contributed by atoms with Crippen LogP contribution in [0.5, 0.6) is 0 Å². The molecular formula is C23H29FN2O. The van der Waals surface area contributed by atoms with E-state index < -0.39 is 0 Å². The first-order valence-corrected chi connectivity index (χ1v) is 9.92. The van der Waals surface area contributed by atoms with Crippen LogP contribution in [0.15, 0.2) is 36.0 Å². The zero-order valence-corrected chi connectivity index (χ0v) is 16.7. The van der Waals surface area contributed by atoms with E-state index in [1.54, 1.807) is 12.1 Å². The quantitative estimate of drug-likeness (QED) is 0.795. The minimum Gasteiger partial charge on any atom is -0.392 e. The maximum Gasteiger partial charge on any atom is 0.123 e. The number of allylic oxidation sites excluding steroid dienone is 1. The molecule has 3 atom stereocenters. The van der Waals surface area contributed by atoms with Gasteiger partial charge in [0, 0.05) is 0 Å². The number of rotatable bonds is 2. The van der Waals surface area contributed by atoms with Crippen LogP contribution in [0.1, 0.15) is 58.2 Å². The van der Waals surface area contributed by atoms with E-state index in [0.29, 0.717) is 0 Å². The largest absolute Gasteiger partial charge is 0.392 e. The molecule has 1 fully saturated rings. The summed E-state index contributed by atoms with van der Waals surface area (Å²) in [6.45, 7) is 8.69. The number of aliphatic hydroxyl groups excluding tert-OH is 1. The van der Waals surface area contributed by atoms with E-state index in [-0.39, 0.29) is 28.7 Å². The van der Waals surface area contributed by atoms with Gasteiger partial charge in [-0.1, -0.05) is 33.3 Å². The zero-order chi connectivity index (χ0) is 19.4. The molecule has 2 aliphatic rings. The van der Waals surface area contributed by atoms with Gasteiger partial charge in [-0.15, -0.1) is 0 Å². The Morgan fingerprint density at radius 1 is 1.26 bits per heavy atom. The highest BCUT2D eigenvalue weighted by Gasteiger charge is 2.48. The van der Waals surface area contributed by atoms with E-state index in [0.717, 1.165) is 37.1 Å². The van der Waals surface area contributed by atoms with Gasteiger partial charge in [0.05, 0.1) is 23.7 Å². The number of halogens is 1. The Balaban J connectivity index is 1.74. The molecule has 0 saturated heterocycles. The number of benzene rings is 1. The molecule has 1 aromatic heterocycles. The van der Waals surface area contributed by atoms with Crippen LogP contribution < -0.4 is 0 Å². The van der Waals surface area contributed by atoms with Crippen molar-refractivity contribution in [2.45, 2.75) is 59.5 Å². The number of nitrogens with zero attached hydrogens (tertiary/aromatic N) is 2. The third kappa shape index (κ3) is 3.04. The van der Waals surface area contributed by atoms with Crippen molar-refractivity contribution in [1.82, 2.24) is 9.78 Å². The highest BCUT2D eigenvalue weighted by molar-refractivity contribution is 5.61. The Hall–Kier alpha value is -1.94. The maximum absolute atomic E-state index is 13.3. The molecule has 4 heteroatoms. The van der Waals surface area contributed by atoms with E-state index in [1.165, 1.54) is 23.3 Å². The van der Waals surface area contributed by atoms with Gasteiger partial charge in [0.2, 0.25) is 0 Å². The van der Waals surface area contributed by atoms with Crippen molar-refractivity contribution in [2.75, 3.05) is 0 Å². The number of aromatic nitrogens is 2. The Labute approximate surface area is 160 Å². The number of hydrogen-bond donors (Lipinski definition) is 1. The summed E-state index contributed by atoms with van der Waals surface area (Å²) in [5.41, 5.74) is 4.43. The number of fused-ring (bicyclic) bond motifs is 2. The van der Waals surface area contributed by atoms with Gasteiger partial charge in [-0.2, -0.15) is 5.10 Å². The van der Waals surface area contributed by atoms with Crippen molar-refractivity contribution in [3.63, 3.8) is 0 Å². The summed E-state index contributed by atoms with van der Waals surface area (Å²) < 4.78 is 15.2. The molecular weight excluding hydrogens is 339 g/mol. The standard InChI is InChI=1S/C23H29FN2O/c1-22(2,3)21(27)19-7-5-6-16-12-20-15(13-23(16,19)4)14-25-26(20)18-10-8-17(24)9-11-18/h8-12,14,19,21,27H,5-7,13H2,1-4H3/t19-,21-,23+/m1/s1. The molecule has 3 nitrogen and oxygen atoms in total. The average molecular weight is 368 g/mol. The summed E-state index contributed by atoms with van der Waals surface area (Å²) in [4.78, 5) is 0.